The highest BCUT2D eigenvalue weighted by atomic mass is 32.1. The number of aliphatic imine (C=N–C) groups is 1. The minimum absolute atomic E-state index is 0.0188. The molecule has 33 heavy (non-hydrogen) atoms. The van der Waals surface area contributed by atoms with E-state index in [0.29, 0.717) is 16.1 Å². The number of aryl methyl sites for hydroxylation is 3. The minimum atomic E-state index is -0.419. The Bertz CT molecular complexity index is 1230. The van der Waals surface area contributed by atoms with Crippen molar-refractivity contribution in [3.05, 3.63) is 85.3 Å². The van der Waals surface area contributed by atoms with Crippen molar-refractivity contribution in [2.75, 3.05) is 5.32 Å². The number of rotatable bonds is 5. The van der Waals surface area contributed by atoms with Gasteiger partial charge in [0.05, 0.1) is 10.5 Å². The van der Waals surface area contributed by atoms with Gasteiger partial charge in [-0.1, -0.05) is 37.1 Å². The zero-order valence-electron chi connectivity index (χ0n) is 18.9. The second-order valence-electron chi connectivity index (χ2n) is 8.48. The van der Waals surface area contributed by atoms with Gasteiger partial charge in [0.15, 0.2) is 0 Å². The third kappa shape index (κ3) is 5.37. The van der Waals surface area contributed by atoms with E-state index in [9.17, 15) is 14.9 Å². The lowest BCUT2D eigenvalue weighted by molar-refractivity contribution is -0.384. The maximum absolute atomic E-state index is 13.5. The Morgan fingerprint density at radius 2 is 1.88 bits per heavy atom. The molecular formula is C26H27N3O3S. The topological polar surface area (TPSA) is 84.6 Å². The predicted molar refractivity (Wildman–Crippen MR) is 134 cm³/mol. The highest BCUT2D eigenvalue weighted by Gasteiger charge is 2.24. The molecule has 3 aromatic rings. The summed E-state index contributed by atoms with van der Waals surface area (Å²) in [5, 5.41) is 14.9. The first-order chi connectivity index (χ1) is 15.9. The van der Waals surface area contributed by atoms with Crippen molar-refractivity contribution in [1.82, 2.24) is 0 Å². The second kappa shape index (κ2) is 10.1. The lowest BCUT2D eigenvalue weighted by atomic mass is 9.96. The monoisotopic (exact) mass is 461 g/mol. The summed E-state index contributed by atoms with van der Waals surface area (Å²) in [4.78, 5) is 30.1. The number of non-ortho nitro benzene ring substituents is 1. The first kappa shape index (κ1) is 22.9. The first-order valence-corrected chi connectivity index (χ1v) is 12.1. The molecule has 4 rings (SSSR count). The van der Waals surface area contributed by atoms with Crippen molar-refractivity contribution in [3.8, 4) is 0 Å². The lowest BCUT2D eigenvalue weighted by Gasteiger charge is -2.13. The van der Waals surface area contributed by atoms with Crippen LogP contribution in [0.1, 0.15) is 63.2 Å². The van der Waals surface area contributed by atoms with E-state index < -0.39 is 4.92 Å². The Morgan fingerprint density at radius 1 is 1.09 bits per heavy atom. The number of benzene rings is 2. The van der Waals surface area contributed by atoms with Crippen molar-refractivity contribution >= 4 is 39.8 Å². The number of nitrogens with one attached hydrogen (secondary N) is 1. The summed E-state index contributed by atoms with van der Waals surface area (Å²) in [6.45, 7) is 3.98. The van der Waals surface area contributed by atoms with Crippen molar-refractivity contribution in [2.24, 2.45) is 4.99 Å². The van der Waals surface area contributed by atoms with Crippen LogP contribution >= 0.6 is 11.3 Å². The molecule has 1 heterocycles. The van der Waals surface area contributed by atoms with E-state index in [1.54, 1.807) is 29.7 Å². The molecule has 1 amide bonds. The van der Waals surface area contributed by atoms with Crippen molar-refractivity contribution < 1.29 is 9.72 Å². The van der Waals surface area contributed by atoms with Crippen molar-refractivity contribution in [3.63, 3.8) is 0 Å². The molecular weight excluding hydrogens is 434 g/mol. The average molecular weight is 462 g/mol. The summed E-state index contributed by atoms with van der Waals surface area (Å²) < 4.78 is 0. The number of nitro groups is 1. The van der Waals surface area contributed by atoms with Gasteiger partial charge in [-0.3, -0.25) is 14.9 Å². The molecule has 1 aliphatic carbocycles. The number of carbonyl (C=O) groups is 1. The Morgan fingerprint density at radius 3 is 2.67 bits per heavy atom. The second-order valence-corrected chi connectivity index (χ2v) is 9.56. The van der Waals surface area contributed by atoms with Gasteiger partial charge < -0.3 is 5.32 Å². The van der Waals surface area contributed by atoms with Gasteiger partial charge in [0.1, 0.15) is 5.00 Å². The number of nitro benzene ring substituents is 1. The van der Waals surface area contributed by atoms with Gasteiger partial charge in [-0.25, -0.2) is 4.99 Å². The minimum Gasteiger partial charge on any atom is -0.322 e. The molecule has 0 saturated carbocycles. The van der Waals surface area contributed by atoms with Crippen LogP contribution in [0.3, 0.4) is 0 Å². The van der Waals surface area contributed by atoms with Gasteiger partial charge >= 0.3 is 0 Å². The molecule has 6 nitrogen and oxygen atoms in total. The van der Waals surface area contributed by atoms with Crippen LogP contribution in [0.25, 0.3) is 0 Å². The molecule has 1 aliphatic rings. The van der Waals surface area contributed by atoms with Crippen molar-refractivity contribution in [2.45, 2.75) is 52.4 Å². The quantitative estimate of drug-likeness (QED) is 0.254. The van der Waals surface area contributed by atoms with Crippen LogP contribution in [0, 0.1) is 24.0 Å². The van der Waals surface area contributed by atoms with Crippen LogP contribution in [-0.4, -0.2) is 17.0 Å². The van der Waals surface area contributed by atoms with E-state index in [1.807, 2.05) is 32.0 Å². The van der Waals surface area contributed by atoms with Gasteiger partial charge in [0.2, 0.25) is 0 Å². The summed E-state index contributed by atoms with van der Waals surface area (Å²) >= 11 is 1.57. The fourth-order valence-corrected chi connectivity index (χ4v) is 5.37. The lowest BCUT2D eigenvalue weighted by Crippen LogP contribution is -2.15. The first-order valence-electron chi connectivity index (χ1n) is 11.2. The SMILES string of the molecule is Cc1ccc(C)c(NC(=O)c2c(N=Cc3cccc([N+](=O)[O-])c3)sc3c2CCCCCC3)c1. The van der Waals surface area contributed by atoms with Gasteiger partial charge in [0, 0.05) is 28.9 Å². The summed E-state index contributed by atoms with van der Waals surface area (Å²) in [7, 11) is 0. The molecule has 0 aliphatic heterocycles. The Balaban J connectivity index is 1.72. The van der Waals surface area contributed by atoms with Crippen LogP contribution in [0.2, 0.25) is 0 Å². The summed E-state index contributed by atoms with van der Waals surface area (Å²) in [5.41, 5.74) is 5.29. The van der Waals surface area contributed by atoms with E-state index >= 15 is 0 Å². The maximum Gasteiger partial charge on any atom is 0.270 e. The fourth-order valence-electron chi connectivity index (χ4n) is 4.14. The van der Waals surface area contributed by atoms with E-state index in [1.165, 1.54) is 29.9 Å². The number of nitrogens with zero attached hydrogens (tertiary/aromatic N) is 2. The van der Waals surface area contributed by atoms with Gasteiger partial charge in [-0.15, -0.1) is 11.3 Å². The number of anilines is 1. The zero-order chi connectivity index (χ0) is 23.4. The molecule has 0 bridgehead atoms. The third-order valence-electron chi connectivity index (χ3n) is 5.93. The molecule has 0 spiro atoms. The standard InChI is InChI=1S/C26H27N3O3S/c1-17-12-13-18(2)22(14-17)28-25(30)24-21-10-5-3-4-6-11-23(21)33-26(24)27-16-19-8-7-9-20(15-19)29(31)32/h7-9,12-16H,3-6,10-11H2,1-2H3,(H,28,30). The van der Waals surface area contributed by atoms with E-state index in [2.05, 4.69) is 10.3 Å². The number of carbonyl (C=O) groups excluding carboxylic acids is 1. The predicted octanol–water partition coefficient (Wildman–Crippen LogP) is 6.94. The van der Waals surface area contributed by atoms with Crippen LogP contribution in [-0.2, 0) is 12.8 Å². The number of fused-ring (bicyclic) bond motifs is 1. The highest BCUT2D eigenvalue weighted by Crippen LogP contribution is 2.39. The molecule has 1 aromatic heterocycles. The maximum atomic E-state index is 13.5. The Labute approximate surface area is 197 Å². The number of hydrogen-bond acceptors (Lipinski definition) is 5. The molecule has 0 atom stereocenters. The van der Waals surface area contributed by atoms with Crippen LogP contribution < -0.4 is 5.32 Å². The zero-order valence-corrected chi connectivity index (χ0v) is 19.7. The van der Waals surface area contributed by atoms with E-state index in [0.717, 1.165) is 48.1 Å². The van der Waals surface area contributed by atoms with Crippen molar-refractivity contribution in [1.29, 1.82) is 0 Å². The van der Waals surface area contributed by atoms with Gasteiger partial charge in [-0.2, -0.15) is 0 Å². The normalized spacial score (nSPS) is 13.9. The largest absolute Gasteiger partial charge is 0.322 e. The number of thiophene rings is 1. The van der Waals surface area contributed by atoms with Crippen LogP contribution in [0.15, 0.2) is 47.5 Å². The molecule has 0 unspecified atom stereocenters. The summed E-state index contributed by atoms with van der Waals surface area (Å²) in [5.74, 6) is -0.145. The summed E-state index contributed by atoms with van der Waals surface area (Å²) in [6.07, 6.45) is 7.97. The molecule has 1 N–H and O–H groups in total. The van der Waals surface area contributed by atoms with Gasteiger partial charge in [-0.05, 0) is 67.9 Å². The molecule has 0 saturated heterocycles. The Kier molecular flexibility index (Phi) is 6.99. The number of hydrogen-bond donors (Lipinski definition) is 1. The van der Waals surface area contributed by atoms with Gasteiger partial charge in [0.25, 0.3) is 11.6 Å². The smallest absolute Gasteiger partial charge is 0.270 e. The highest BCUT2D eigenvalue weighted by molar-refractivity contribution is 7.16. The average Bonchev–Trinajstić information content (AvgIpc) is 3.11. The van der Waals surface area contributed by atoms with E-state index in [-0.39, 0.29) is 11.6 Å². The summed E-state index contributed by atoms with van der Waals surface area (Å²) in [6, 6.07) is 12.4. The van der Waals surface area contributed by atoms with Crippen LogP contribution in [0.5, 0.6) is 0 Å². The fraction of sp³-hybridized carbons (Fsp3) is 0.308. The molecule has 0 fully saturated rings. The molecule has 2 aromatic carbocycles. The molecule has 170 valence electrons. The molecule has 7 heteroatoms. The number of amides is 1. The van der Waals surface area contributed by atoms with Crippen LogP contribution in [0.4, 0.5) is 16.4 Å². The Hall–Kier alpha value is -3.32. The molecule has 0 radical (unpaired) electrons. The van der Waals surface area contributed by atoms with E-state index in [4.69, 9.17) is 0 Å². The third-order valence-corrected chi connectivity index (χ3v) is 7.13.